The summed E-state index contributed by atoms with van der Waals surface area (Å²) in [5, 5.41) is 38.1. The van der Waals surface area contributed by atoms with Crippen LogP contribution >= 0.6 is 0 Å². The van der Waals surface area contributed by atoms with Crippen LogP contribution in [-0.4, -0.2) is 113 Å². The molecule has 0 radical (unpaired) electrons. The molecule has 1 amide bonds. The lowest BCUT2D eigenvalue weighted by Gasteiger charge is -2.57. The molecule has 11 rings (SSSR count). The van der Waals surface area contributed by atoms with E-state index in [0.29, 0.717) is 80.1 Å². The van der Waals surface area contributed by atoms with Crippen molar-refractivity contribution in [2.24, 2.45) is 11.3 Å². The second kappa shape index (κ2) is 19.4. The molecule has 6 aliphatic rings. The van der Waals surface area contributed by atoms with E-state index in [1.807, 2.05) is 31.2 Å². The molecule has 2 aromatic heterocycles. The van der Waals surface area contributed by atoms with Crippen LogP contribution in [0.25, 0.3) is 11.0 Å². The molecule has 2 saturated heterocycles. The van der Waals surface area contributed by atoms with E-state index < -0.39 is 48.7 Å². The molecule has 5 fully saturated rings. The largest absolute Gasteiger partial charge is 0.470 e. The molecule has 74 heavy (non-hydrogen) atoms. The third-order valence-corrected chi connectivity index (χ3v) is 18.8. The van der Waals surface area contributed by atoms with Crippen molar-refractivity contribution in [1.29, 1.82) is 0 Å². The first-order chi connectivity index (χ1) is 35.3. The van der Waals surface area contributed by atoms with E-state index in [2.05, 4.69) is 67.8 Å². The summed E-state index contributed by atoms with van der Waals surface area (Å²) in [4.78, 5) is 41.3. The van der Waals surface area contributed by atoms with Crippen LogP contribution in [0.1, 0.15) is 132 Å². The monoisotopic (exact) mass is 1030 g/mol. The summed E-state index contributed by atoms with van der Waals surface area (Å²) in [6.07, 6.45) is 9.62. The molecule has 5 heterocycles. The SMILES string of the molecule is CC(C)c1ccccc1[C@@H]1COCCN1C1CC2(CCN(c3ccc(C(=O)NS(=O)(=O)c4ccc(NCC5CCC(C)(O)CC5)c([N+](=O)[O-])c4)c(N4c5cc6cc[nH]c6nc5O[C@H]5C[C@](C)(O)CC[C@@H]54)c3)CC2)C1. The number of H-pyrrole nitrogens is 1. The number of carbonyl (C=O) groups is 1. The smallest absolute Gasteiger partial charge is 0.293 e. The van der Waals surface area contributed by atoms with Gasteiger partial charge in [0.25, 0.3) is 21.6 Å². The predicted molar refractivity (Wildman–Crippen MR) is 284 cm³/mol. The zero-order valence-corrected chi connectivity index (χ0v) is 43.7. The molecule has 3 saturated carbocycles. The van der Waals surface area contributed by atoms with Crippen LogP contribution in [0.5, 0.6) is 5.88 Å². The lowest BCUT2D eigenvalue weighted by Crippen LogP contribution is -2.58. The Bertz CT molecular complexity index is 3040. The molecular weight excluding hydrogens is 961 g/mol. The maximum atomic E-state index is 14.8. The number of sulfonamides is 1. The third-order valence-electron chi connectivity index (χ3n) is 17.5. The minimum absolute atomic E-state index is 0.0871. The van der Waals surface area contributed by atoms with Crippen molar-refractivity contribution >= 4 is 55.4 Å². The number of anilines is 4. The van der Waals surface area contributed by atoms with Gasteiger partial charge < -0.3 is 39.8 Å². The number of piperidine rings is 1. The average molecular weight is 1030 g/mol. The Hall–Kier alpha value is -5.79. The minimum Gasteiger partial charge on any atom is -0.470 e. The first-order valence-corrected chi connectivity index (χ1v) is 28.1. The van der Waals surface area contributed by atoms with E-state index in [1.165, 1.54) is 23.3 Å². The highest BCUT2D eigenvalue weighted by Crippen LogP contribution is 2.54. The fourth-order valence-corrected chi connectivity index (χ4v) is 14.1. The maximum Gasteiger partial charge on any atom is 0.293 e. The van der Waals surface area contributed by atoms with Crippen molar-refractivity contribution in [3.8, 4) is 5.88 Å². The van der Waals surface area contributed by atoms with Gasteiger partial charge in [-0.25, -0.2) is 13.1 Å². The van der Waals surface area contributed by atoms with Crippen molar-refractivity contribution in [3.63, 3.8) is 0 Å². The van der Waals surface area contributed by atoms with Gasteiger partial charge in [-0.3, -0.25) is 19.8 Å². The van der Waals surface area contributed by atoms with Crippen molar-refractivity contribution in [1.82, 2.24) is 19.6 Å². The molecule has 394 valence electrons. The number of fused-ring (bicyclic) bond motifs is 3. The van der Waals surface area contributed by atoms with Crippen molar-refractivity contribution in [2.75, 3.05) is 54.5 Å². The number of hydrogen-bond acceptors (Lipinski definition) is 14. The summed E-state index contributed by atoms with van der Waals surface area (Å²) >= 11 is 0. The number of benzene rings is 3. The number of nitrogens with zero attached hydrogens (tertiary/aromatic N) is 5. The number of rotatable bonds is 12. The molecule has 0 unspecified atom stereocenters. The second-order valence-electron chi connectivity index (χ2n) is 23.1. The molecular formula is C56H70N8O9S. The van der Waals surface area contributed by atoms with Crippen molar-refractivity contribution in [2.45, 2.75) is 145 Å². The van der Waals surface area contributed by atoms with Gasteiger partial charge in [-0.15, -0.1) is 0 Å². The number of nitro groups is 1. The van der Waals surface area contributed by atoms with E-state index in [4.69, 9.17) is 14.5 Å². The van der Waals surface area contributed by atoms with Crippen LogP contribution in [0.15, 0.2) is 83.9 Å². The third kappa shape index (κ3) is 9.83. The van der Waals surface area contributed by atoms with E-state index in [1.54, 1.807) is 19.2 Å². The summed E-state index contributed by atoms with van der Waals surface area (Å²) < 4.78 is 43.5. The first-order valence-electron chi connectivity index (χ1n) is 26.6. The summed E-state index contributed by atoms with van der Waals surface area (Å²) in [6.45, 7) is 12.5. The lowest BCUT2D eigenvalue weighted by molar-refractivity contribution is -0.384. The normalized spacial score (nSPS) is 27.3. The Balaban J connectivity index is 0.877. The highest BCUT2D eigenvalue weighted by molar-refractivity contribution is 7.90. The van der Waals surface area contributed by atoms with Crippen LogP contribution in [-0.2, 0) is 14.8 Å². The van der Waals surface area contributed by atoms with Crippen LogP contribution in [0.4, 0.5) is 28.4 Å². The van der Waals surface area contributed by atoms with Crippen molar-refractivity contribution in [3.05, 3.63) is 106 Å². The van der Waals surface area contributed by atoms with E-state index in [-0.39, 0.29) is 34.7 Å². The zero-order chi connectivity index (χ0) is 51.7. The van der Waals surface area contributed by atoms with Gasteiger partial charge in [0.2, 0.25) is 5.88 Å². The number of aliphatic hydroxyl groups is 2. The average Bonchev–Trinajstić information content (AvgIpc) is 3.83. The Morgan fingerprint density at radius 3 is 2.43 bits per heavy atom. The molecule has 5 N–H and O–H groups in total. The number of aromatic amines is 1. The van der Waals surface area contributed by atoms with E-state index in [9.17, 15) is 33.5 Å². The molecule has 5 aromatic rings. The van der Waals surface area contributed by atoms with Crippen LogP contribution in [0.3, 0.4) is 0 Å². The number of amides is 1. The lowest BCUT2D eigenvalue weighted by atomic mass is 9.59. The topological polar surface area (TPSA) is 216 Å². The maximum absolute atomic E-state index is 14.8. The van der Waals surface area contributed by atoms with Gasteiger partial charge in [0.15, 0.2) is 0 Å². The zero-order valence-electron chi connectivity index (χ0n) is 42.9. The minimum atomic E-state index is -4.65. The molecule has 3 aliphatic carbocycles. The van der Waals surface area contributed by atoms with Crippen LogP contribution in [0, 0.1) is 21.4 Å². The predicted octanol–water partition coefficient (Wildman–Crippen LogP) is 9.09. The number of pyridine rings is 1. The molecule has 3 aromatic carbocycles. The second-order valence-corrected chi connectivity index (χ2v) is 24.8. The summed E-state index contributed by atoms with van der Waals surface area (Å²) in [5.41, 5.74) is 3.66. The molecule has 18 heteroatoms. The fraction of sp³-hybridized carbons (Fsp3) is 0.536. The van der Waals surface area contributed by atoms with Crippen LogP contribution in [0.2, 0.25) is 0 Å². The standard InChI is InChI=1S/C56H70N8O9S/c1-35(2)41-7-5-6-8-42(41)49-34-72-26-25-62(49)39-30-56(31-39)20-23-61(24-21-56)38-9-11-43(46(28-38)63-45-15-19-55(4,67)32-50(45)73-53-48(63)27-37-16-22-57-51(37)59-53)52(65)60-74(70,71)40-10-12-44(47(29-40)64(68)69)58-33-36-13-17-54(3,66)18-14-36/h5-12,16,22,27-29,35-36,39,45,49-50,58,66-67H,13-15,17-21,23-26,30-34H2,1-4H3,(H,57,59)(H,60,65)/t36?,45-,49-,50-,54?,55+/m0/s1. The van der Waals surface area contributed by atoms with Gasteiger partial charge >= 0.3 is 0 Å². The summed E-state index contributed by atoms with van der Waals surface area (Å²) in [7, 11) is -4.65. The quantitative estimate of drug-likeness (QED) is 0.0582. The van der Waals surface area contributed by atoms with Gasteiger partial charge in [0.05, 0.1) is 57.6 Å². The number of carbonyl (C=O) groups excluding carboxylic acids is 1. The van der Waals surface area contributed by atoms with Gasteiger partial charge in [0.1, 0.15) is 23.1 Å². The van der Waals surface area contributed by atoms with Crippen LogP contribution < -0.4 is 24.6 Å². The van der Waals surface area contributed by atoms with Gasteiger partial charge in [-0.2, -0.15) is 4.98 Å². The number of morpholine rings is 1. The van der Waals surface area contributed by atoms with Crippen molar-refractivity contribution < 1.29 is 37.8 Å². The van der Waals surface area contributed by atoms with Gasteiger partial charge in [-0.05, 0) is 149 Å². The highest BCUT2D eigenvalue weighted by Gasteiger charge is 2.51. The molecule has 0 bridgehead atoms. The van der Waals surface area contributed by atoms with Gasteiger partial charge in [0, 0.05) is 62.0 Å². The summed E-state index contributed by atoms with van der Waals surface area (Å²) in [6, 6.07) is 22.2. The molecule has 4 atom stereocenters. The molecule has 3 aliphatic heterocycles. The molecule has 1 spiro atoms. The van der Waals surface area contributed by atoms with E-state index in [0.717, 1.165) is 81.9 Å². The van der Waals surface area contributed by atoms with E-state index >= 15 is 0 Å². The van der Waals surface area contributed by atoms with Gasteiger partial charge in [-0.1, -0.05) is 38.1 Å². The highest BCUT2D eigenvalue weighted by atomic mass is 32.2. The summed E-state index contributed by atoms with van der Waals surface area (Å²) in [5.74, 6) is 0.0379. The first kappa shape index (κ1) is 50.4. The number of hydrogen-bond donors (Lipinski definition) is 5. The number of nitrogens with one attached hydrogen (secondary N) is 3. The Morgan fingerprint density at radius 1 is 0.919 bits per heavy atom. The molecule has 17 nitrogen and oxygen atoms in total. The Labute approximate surface area is 433 Å². The Kier molecular flexibility index (Phi) is 13.2. The number of nitro benzene ring substituents is 1. The fourth-order valence-electron chi connectivity index (χ4n) is 13.1. The Morgan fingerprint density at radius 2 is 1.68 bits per heavy atom. The number of ether oxygens (including phenoxy) is 2. The number of aromatic nitrogens is 2.